The fourth-order valence-electron chi connectivity index (χ4n) is 3.44. The van der Waals surface area contributed by atoms with Gasteiger partial charge in [-0.05, 0) is 44.8 Å². The number of nitrogens with zero attached hydrogens (tertiary/aromatic N) is 1. The average Bonchev–Trinajstić information content (AvgIpc) is 2.72. The van der Waals surface area contributed by atoms with Crippen molar-refractivity contribution < 1.29 is 0 Å². The largest absolute Gasteiger partial charge is 0.315 e. The van der Waals surface area contributed by atoms with Gasteiger partial charge in [-0.1, -0.05) is 0 Å². The molecule has 1 N–H and O–H groups in total. The third-order valence-corrected chi connectivity index (χ3v) is 4.05. The molecule has 0 saturated carbocycles. The van der Waals surface area contributed by atoms with Crippen LogP contribution in [0.5, 0.6) is 0 Å². The van der Waals surface area contributed by atoms with Crippen LogP contribution >= 0.6 is 0 Å². The van der Waals surface area contributed by atoms with Gasteiger partial charge in [-0.3, -0.25) is 4.90 Å². The zero-order valence-corrected chi connectivity index (χ0v) is 6.97. The third kappa shape index (κ3) is 0.651. The van der Waals surface area contributed by atoms with Crippen LogP contribution in [-0.2, 0) is 0 Å². The molecule has 0 unspecified atom stereocenters. The van der Waals surface area contributed by atoms with Gasteiger partial charge in [0.1, 0.15) is 0 Å². The highest BCUT2D eigenvalue weighted by molar-refractivity contribution is 5.10. The summed E-state index contributed by atoms with van der Waals surface area (Å²) < 4.78 is 0. The van der Waals surface area contributed by atoms with E-state index in [-0.39, 0.29) is 0 Å². The Morgan fingerprint density at radius 3 is 2.55 bits per heavy atom. The molecule has 3 rings (SSSR count). The number of rotatable bonds is 0. The minimum atomic E-state index is 0.639. The first-order chi connectivity index (χ1) is 5.42. The minimum absolute atomic E-state index is 0.639. The lowest BCUT2D eigenvalue weighted by molar-refractivity contribution is 0.192. The Hall–Kier alpha value is -0.0800. The van der Waals surface area contributed by atoms with E-state index in [0.717, 1.165) is 5.92 Å². The van der Waals surface area contributed by atoms with E-state index in [1.54, 1.807) is 0 Å². The summed E-state index contributed by atoms with van der Waals surface area (Å²) in [7, 11) is 0. The molecule has 62 valence electrons. The van der Waals surface area contributed by atoms with Crippen molar-refractivity contribution >= 4 is 0 Å². The molecule has 1 spiro atoms. The van der Waals surface area contributed by atoms with Crippen molar-refractivity contribution in [2.45, 2.75) is 24.8 Å². The molecule has 3 aliphatic rings. The molecule has 0 aliphatic carbocycles. The first kappa shape index (κ1) is 6.44. The van der Waals surface area contributed by atoms with Gasteiger partial charge in [-0.15, -0.1) is 0 Å². The fraction of sp³-hybridized carbons (Fsp3) is 1.00. The van der Waals surface area contributed by atoms with Crippen molar-refractivity contribution in [3.8, 4) is 0 Å². The van der Waals surface area contributed by atoms with Crippen LogP contribution in [0.2, 0.25) is 0 Å². The Balaban J connectivity index is 1.95. The highest BCUT2D eigenvalue weighted by Gasteiger charge is 2.53. The standard InChI is InChI=1S/C9H16N2/c1-5-11-6-2-8(1)9(11)3-4-10-7-9/h8,10H,1-7H2/t9-/m1/s1. The normalized spacial score (nSPS) is 54.5. The van der Waals surface area contributed by atoms with Crippen molar-refractivity contribution in [2.24, 2.45) is 5.92 Å². The Labute approximate surface area is 68.0 Å². The summed E-state index contributed by atoms with van der Waals surface area (Å²) in [6.45, 7) is 5.30. The summed E-state index contributed by atoms with van der Waals surface area (Å²) in [6, 6.07) is 0. The van der Waals surface area contributed by atoms with Gasteiger partial charge in [0.05, 0.1) is 0 Å². The third-order valence-electron chi connectivity index (χ3n) is 4.05. The van der Waals surface area contributed by atoms with Gasteiger partial charge < -0.3 is 5.32 Å². The SMILES string of the molecule is C1C[C@@]2(CN1)C1CCN2CC1. The maximum atomic E-state index is 3.51. The van der Waals surface area contributed by atoms with Gasteiger partial charge in [0.25, 0.3) is 0 Å². The lowest BCUT2D eigenvalue weighted by Gasteiger charge is -2.30. The van der Waals surface area contributed by atoms with E-state index in [2.05, 4.69) is 10.2 Å². The molecule has 3 heterocycles. The van der Waals surface area contributed by atoms with Crippen molar-refractivity contribution in [3.05, 3.63) is 0 Å². The summed E-state index contributed by atoms with van der Waals surface area (Å²) in [5.41, 5.74) is 0.639. The predicted octanol–water partition coefficient (Wildman–Crippen LogP) is 0.444. The Morgan fingerprint density at radius 2 is 2.09 bits per heavy atom. The highest BCUT2D eigenvalue weighted by Crippen LogP contribution is 2.46. The van der Waals surface area contributed by atoms with Crippen molar-refractivity contribution in [1.82, 2.24) is 10.2 Å². The van der Waals surface area contributed by atoms with Crippen LogP contribution in [0.1, 0.15) is 19.3 Å². The minimum Gasteiger partial charge on any atom is -0.315 e. The van der Waals surface area contributed by atoms with Crippen molar-refractivity contribution in [3.63, 3.8) is 0 Å². The molecule has 0 aromatic heterocycles. The molecule has 1 atom stereocenters. The van der Waals surface area contributed by atoms with E-state index in [1.807, 2.05) is 0 Å². The van der Waals surface area contributed by atoms with E-state index >= 15 is 0 Å². The van der Waals surface area contributed by atoms with Crippen LogP contribution in [0.25, 0.3) is 0 Å². The van der Waals surface area contributed by atoms with Crippen LogP contribution in [0.15, 0.2) is 0 Å². The molecule has 0 aromatic rings. The van der Waals surface area contributed by atoms with E-state index in [4.69, 9.17) is 0 Å². The summed E-state index contributed by atoms with van der Waals surface area (Å²) in [5.74, 6) is 1.04. The first-order valence-electron chi connectivity index (χ1n) is 4.88. The molecule has 2 heteroatoms. The molecule has 0 amide bonds. The topological polar surface area (TPSA) is 15.3 Å². The zero-order chi connectivity index (χ0) is 7.31. The van der Waals surface area contributed by atoms with Gasteiger partial charge >= 0.3 is 0 Å². The number of hydrogen-bond acceptors (Lipinski definition) is 2. The maximum absolute atomic E-state index is 3.51. The molecule has 3 saturated heterocycles. The van der Waals surface area contributed by atoms with Gasteiger partial charge in [0, 0.05) is 12.1 Å². The Bertz CT molecular complexity index is 150. The monoisotopic (exact) mass is 152 g/mol. The van der Waals surface area contributed by atoms with E-state index in [0.29, 0.717) is 5.54 Å². The molecular formula is C9H16N2. The van der Waals surface area contributed by atoms with Crippen LogP contribution in [-0.4, -0.2) is 36.6 Å². The molecule has 11 heavy (non-hydrogen) atoms. The number of nitrogens with one attached hydrogen (secondary N) is 1. The Kier molecular flexibility index (Phi) is 1.16. The average molecular weight is 152 g/mol. The van der Waals surface area contributed by atoms with Crippen molar-refractivity contribution in [2.75, 3.05) is 26.2 Å². The van der Waals surface area contributed by atoms with Crippen LogP contribution in [0.4, 0.5) is 0 Å². The zero-order valence-electron chi connectivity index (χ0n) is 6.97. The second-order valence-electron chi connectivity index (χ2n) is 4.29. The van der Waals surface area contributed by atoms with E-state index < -0.39 is 0 Å². The highest BCUT2D eigenvalue weighted by atomic mass is 15.3. The lowest BCUT2D eigenvalue weighted by atomic mass is 9.85. The van der Waals surface area contributed by atoms with Crippen LogP contribution < -0.4 is 5.32 Å². The van der Waals surface area contributed by atoms with E-state index in [1.165, 1.54) is 45.4 Å². The quantitative estimate of drug-likeness (QED) is 0.542. The van der Waals surface area contributed by atoms with Crippen molar-refractivity contribution in [1.29, 1.82) is 0 Å². The lowest BCUT2D eigenvalue weighted by Crippen LogP contribution is -2.43. The predicted molar refractivity (Wildman–Crippen MR) is 44.5 cm³/mol. The summed E-state index contributed by atoms with van der Waals surface area (Å²) in [5, 5.41) is 3.51. The van der Waals surface area contributed by atoms with Gasteiger partial charge in [0.15, 0.2) is 0 Å². The molecule has 2 nitrogen and oxygen atoms in total. The van der Waals surface area contributed by atoms with Gasteiger partial charge in [-0.2, -0.15) is 0 Å². The van der Waals surface area contributed by atoms with Gasteiger partial charge in [0.2, 0.25) is 0 Å². The molecular weight excluding hydrogens is 136 g/mol. The molecule has 0 aromatic carbocycles. The van der Waals surface area contributed by atoms with Crippen LogP contribution in [0.3, 0.4) is 0 Å². The van der Waals surface area contributed by atoms with E-state index in [9.17, 15) is 0 Å². The number of piperidine rings is 1. The summed E-state index contributed by atoms with van der Waals surface area (Å²) in [4.78, 5) is 2.73. The second kappa shape index (κ2) is 1.99. The molecule has 3 aliphatic heterocycles. The molecule has 0 radical (unpaired) electrons. The van der Waals surface area contributed by atoms with Crippen LogP contribution in [0, 0.1) is 5.92 Å². The Morgan fingerprint density at radius 1 is 1.27 bits per heavy atom. The smallest absolute Gasteiger partial charge is 0.0375 e. The maximum Gasteiger partial charge on any atom is 0.0375 e. The van der Waals surface area contributed by atoms with Gasteiger partial charge in [-0.25, -0.2) is 0 Å². The first-order valence-corrected chi connectivity index (χ1v) is 4.88. The molecule has 2 bridgehead atoms. The second-order valence-corrected chi connectivity index (χ2v) is 4.29. The fourth-order valence-corrected chi connectivity index (χ4v) is 3.44. The summed E-state index contributed by atoms with van der Waals surface area (Å²) in [6.07, 6.45) is 4.36. The number of hydrogen-bond donors (Lipinski definition) is 1. The molecule has 3 fully saturated rings. The summed E-state index contributed by atoms with van der Waals surface area (Å²) >= 11 is 0.